The fourth-order valence-corrected chi connectivity index (χ4v) is 3.06. The molecule has 8 heteroatoms. The molecule has 1 rings (SSSR count). The highest BCUT2D eigenvalue weighted by Gasteiger charge is 2.12. The fraction of sp³-hybridized carbons (Fsp3) is 0.611. The van der Waals surface area contributed by atoms with E-state index in [1.54, 1.807) is 0 Å². The van der Waals surface area contributed by atoms with E-state index in [1.165, 1.54) is 6.26 Å². The van der Waals surface area contributed by atoms with Crippen LogP contribution in [0.3, 0.4) is 0 Å². The molecule has 0 fully saturated rings. The van der Waals surface area contributed by atoms with Gasteiger partial charge in [-0.3, -0.25) is 4.99 Å². The lowest BCUT2D eigenvalue weighted by molar-refractivity contribution is 0.580. The van der Waals surface area contributed by atoms with E-state index in [-0.39, 0.29) is 41.8 Å². The van der Waals surface area contributed by atoms with Gasteiger partial charge in [-0.05, 0) is 39.3 Å². The summed E-state index contributed by atoms with van der Waals surface area (Å²) in [6.45, 7) is 7.51. The van der Waals surface area contributed by atoms with Gasteiger partial charge in [0, 0.05) is 37.6 Å². The van der Waals surface area contributed by atoms with Crippen LogP contribution in [0.25, 0.3) is 0 Å². The average Bonchev–Trinajstić information content (AvgIpc) is 2.57. The zero-order chi connectivity index (χ0) is 18.9. The first-order valence-corrected chi connectivity index (χ1v) is 10.8. The number of nitrogens with zero attached hydrogens (tertiary/aromatic N) is 2. The van der Waals surface area contributed by atoms with Crippen LogP contribution in [0.4, 0.5) is 5.69 Å². The van der Waals surface area contributed by atoms with Crippen LogP contribution < -0.4 is 15.5 Å². The lowest BCUT2D eigenvalue weighted by atomic mass is 10.2. The second kappa shape index (κ2) is 12.4. The molecule has 2 unspecified atom stereocenters. The lowest BCUT2D eigenvalue weighted by Crippen LogP contribution is -2.43. The molecule has 0 bridgehead atoms. The van der Waals surface area contributed by atoms with E-state index in [4.69, 9.17) is 0 Å². The number of halogens is 1. The zero-order valence-electron chi connectivity index (χ0n) is 16.4. The number of benzene rings is 1. The van der Waals surface area contributed by atoms with Crippen LogP contribution in [0.5, 0.6) is 0 Å². The van der Waals surface area contributed by atoms with Crippen molar-refractivity contribution in [3.63, 3.8) is 0 Å². The van der Waals surface area contributed by atoms with E-state index in [1.807, 2.05) is 32.0 Å². The first kappa shape index (κ1) is 25.0. The number of nitrogens with one attached hydrogen (secondary N) is 2. The van der Waals surface area contributed by atoms with E-state index >= 15 is 0 Å². The maximum atomic E-state index is 11.3. The number of aliphatic imine (C=N–C) groups is 1. The standard InChI is InChI=1S/C18H32N4O2S.HI/c1-6-19-18(21-15(2)12-13-25(5,23)24)20-14-16(3)22(4)17-10-8-7-9-11-17;/h7-11,15-16H,6,12-14H2,1-5H3,(H2,19,20,21);1H. The minimum absolute atomic E-state index is 0. The first-order chi connectivity index (χ1) is 11.7. The van der Waals surface area contributed by atoms with Crippen molar-refractivity contribution in [1.29, 1.82) is 0 Å². The van der Waals surface area contributed by atoms with Crippen LogP contribution in [0.15, 0.2) is 35.3 Å². The van der Waals surface area contributed by atoms with Crippen LogP contribution in [0.2, 0.25) is 0 Å². The number of hydrogen-bond acceptors (Lipinski definition) is 4. The Balaban J connectivity index is 0.00000625. The Morgan fingerprint density at radius 3 is 2.38 bits per heavy atom. The smallest absolute Gasteiger partial charge is 0.191 e. The summed E-state index contributed by atoms with van der Waals surface area (Å²) in [5.41, 5.74) is 1.16. The van der Waals surface area contributed by atoms with Crippen molar-refractivity contribution in [3.8, 4) is 0 Å². The Hall–Kier alpha value is -1.03. The highest BCUT2D eigenvalue weighted by Crippen LogP contribution is 2.14. The largest absolute Gasteiger partial charge is 0.370 e. The highest BCUT2D eigenvalue weighted by atomic mass is 127. The Labute approximate surface area is 175 Å². The molecule has 0 aliphatic carbocycles. The molecule has 0 saturated carbocycles. The minimum Gasteiger partial charge on any atom is -0.370 e. The maximum Gasteiger partial charge on any atom is 0.191 e. The van der Waals surface area contributed by atoms with Gasteiger partial charge in [0.2, 0.25) is 0 Å². The Morgan fingerprint density at radius 2 is 1.85 bits per heavy atom. The van der Waals surface area contributed by atoms with Gasteiger partial charge in [0.1, 0.15) is 9.84 Å². The first-order valence-electron chi connectivity index (χ1n) is 8.73. The van der Waals surface area contributed by atoms with Gasteiger partial charge >= 0.3 is 0 Å². The number of guanidine groups is 1. The summed E-state index contributed by atoms with van der Waals surface area (Å²) < 4.78 is 22.6. The monoisotopic (exact) mass is 496 g/mol. The normalized spacial score (nSPS) is 14.1. The van der Waals surface area contributed by atoms with Crippen LogP contribution in [0, 0.1) is 0 Å². The third kappa shape index (κ3) is 10.2. The second-order valence-corrected chi connectivity index (χ2v) is 8.74. The SMILES string of the molecule is CCNC(=NCC(C)N(C)c1ccccc1)NC(C)CCS(C)(=O)=O.I. The predicted molar refractivity (Wildman–Crippen MR) is 123 cm³/mol. The molecule has 0 aliphatic heterocycles. The average molecular weight is 496 g/mol. The summed E-state index contributed by atoms with van der Waals surface area (Å²) in [5.74, 6) is 0.894. The van der Waals surface area contributed by atoms with Crippen LogP contribution >= 0.6 is 24.0 Å². The van der Waals surface area contributed by atoms with Crippen molar-refractivity contribution in [2.45, 2.75) is 39.3 Å². The van der Waals surface area contributed by atoms with E-state index in [0.717, 1.165) is 18.2 Å². The van der Waals surface area contributed by atoms with E-state index in [2.05, 4.69) is 46.6 Å². The summed E-state index contributed by atoms with van der Waals surface area (Å²) in [5, 5.41) is 6.50. The molecule has 0 amide bonds. The van der Waals surface area contributed by atoms with Crippen molar-refractivity contribution in [2.24, 2.45) is 4.99 Å². The molecular weight excluding hydrogens is 463 g/mol. The number of rotatable bonds is 9. The molecule has 6 nitrogen and oxygen atoms in total. The van der Waals surface area contributed by atoms with Gasteiger partial charge in [-0.15, -0.1) is 24.0 Å². The van der Waals surface area contributed by atoms with Crippen LogP contribution in [-0.4, -0.2) is 58.6 Å². The van der Waals surface area contributed by atoms with Gasteiger partial charge in [-0.2, -0.15) is 0 Å². The van der Waals surface area contributed by atoms with Crippen LogP contribution in [0.1, 0.15) is 27.2 Å². The maximum absolute atomic E-state index is 11.3. The Morgan fingerprint density at radius 1 is 1.23 bits per heavy atom. The zero-order valence-corrected chi connectivity index (χ0v) is 19.5. The van der Waals surface area contributed by atoms with E-state index in [0.29, 0.717) is 13.0 Å². The third-order valence-corrected chi connectivity index (χ3v) is 4.96. The summed E-state index contributed by atoms with van der Waals surface area (Å²) in [4.78, 5) is 6.84. The Kier molecular flexibility index (Phi) is 11.9. The molecule has 2 N–H and O–H groups in total. The van der Waals surface area contributed by atoms with Gasteiger partial charge in [-0.25, -0.2) is 8.42 Å². The number of likely N-dealkylation sites (N-methyl/N-ethyl adjacent to an activating group) is 1. The molecule has 26 heavy (non-hydrogen) atoms. The fourth-order valence-electron chi connectivity index (χ4n) is 2.28. The van der Waals surface area contributed by atoms with Crippen molar-refractivity contribution < 1.29 is 8.42 Å². The summed E-state index contributed by atoms with van der Waals surface area (Å²) in [6.07, 6.45) is 1.82. The minimum atomic E-state index is -2.94. The molecule has 2 atom stereocenters. The second-order valence-electron chi connectivity index (χ2n) is 6.48. The summed E-state index contributed by atoms with van der Waals surface area (Å²) >= 11 is 0. The third-order valence-electron chi connectivity index (χ3n) is 3.99. The summed E-state index contributed by atoms with van der Waals surface area (Å²) in [7, 11) is -0.882. The van der Waals surface area contributed by atoms with E-state index in [9.17, 15) is 8.42 Å². The number of para-hydroxylation sites is 1. The van der Waals surface area contributed by atoms with Gasteiger partial charge in [-0.1, -0.05) is 18.2 Å². The molecule has 150 valence electrons. The number of sulfone groups is 1. The topological polar surface area (TPSA) is 73.8 Å². The molecule has 1 aromatic rings. The van der Waals surface area contributed by atoms with Crippen LogP contribution in [-0.2, 0) is 9.84 Å². The van der Waals surface area contributed by atoms with Crippen molar-refractivity contribution >= 4 is 45.5 Å². The Bertz CT molecular complexity index is 638. The van der Waals surface area contributed by atoms with Gasteiger partial charge < -0.3 is 15.5 Å². The predicted octanol–water partition coefficient (Wildman–Crippen LogP) is 2.51. The van der Waals surface area contributed by atoms with Gasteiger partial charge in [0.15, 0.2) is 5.96 Å². The van der Waals surface area contributed by atoms with Crippen molar-refractivity contribution in [3.05, 3.63) is 30.3 Å². The molecular formula is C18H33IN4O2S. The molecule has 0 aliphatic rings. The molecule has 0 aromatic heterocycles. The number of hydrogen-bond donors (Lipinski definition) is 2. The number of anilines is 1. The quantitative estimate of drug-likeness (QED) is 0.312. The molecule has 0 spiro atoms. The van der Waals surface area contributed by atoms with Crippen molar-refractivity contribution in [1.82, 2.24) is 10.6 Å². The van der Waals surface area contributed by atoms with Crippen molar-refractivity contribution in [2.75, 3.05) is 37.0 Å². The molecule has 0 radical (unpaired) electrons. The van der Waals surface area contributed by atoms with Gasteiger partial charge in [0.25, 0.3) is 0 Å². The summed E-state index contributed by atoms with van der Waals surface area (Å²) in [6, 6.07) is 10.5. The molecule has 0 heterocycles. The molecule has 0 saturated heterocycles. The van der Waals surface area contributed by atoms with E-state index < -0.39 is 9.84 Å². The highest BCUT2D eigenvalue weighted by molar-refractivity contribution is 14.0. The van der Waals surface area contributed by atoms with Gasteiger partial charge in [0.05, 0.1) is 12.3 Å². The lowest BCUT2D eigenvalue weighted by Gasteiger charge is -2.26. The molecule has 1 aromatic carbocycles.